The Morgan fingerprint density at radius 1 is 1.06 bits per heavy atom. The summed E-state index contributed by atoms with van der Waals surface area (Å²) in [4.78, 5) is 17.0. The summed E-state index contributed by atoms with van der Waals surface area (Å²) in [5, 5.41) is 5.39. The number of carbonyl (C=O) groups excluding carboxylic acids is 1. The number of amides is 1. The maximum Gasteiger partial charge on any atom is 0.246 e. The standard InChI is InChI=1S/C26H29ClN4O2/c1-19-22(20(2)31(28-19)18-21-8-4-5-9-23(21)27)12-13-26(32)30-16-14-29(15-17-30)24-10-6-7-11-25(24)33-3/h4-13H,14-18H2,1-3H3/b13-12+. The highest BCUT2D eigenvalue weighted by atomic mass is 35.5. The maximum atomic E-state index is 12.9. The summed E-state index contributed by atoms with van der Waals surface area (Å²) >= 11 is 6.31. The van der Waals surface area contributed by atoms with E-state index in [2.05, 4.69) is 16.1 Å². The molecule has 1 saturated heterocycles. The van der Waals surface area contributed by atoms with Gasteiger partial charge in [-0.15, -0.1) is 0 Å². The highest BCUT2D eigenvalue weighted by Gasteiger charge is 2.22. The molecule has 1 aliphatic heterocycles. The van der Waals surface area contributed by atoms with E-state index in [9.17, 15) is 4.79 Å². The molecule has 7 heteroatoms. The maximum absolute atomic E-state index is 12.9. The average Bonchev–Trinajstić information content (AvgIpc) is 3.11. The first kappa shape index (κ1) is 22.9. The summed E-state index contributed by atoms with van der Waals surface area (Å²) in [5.41, 5.74) is 4.97. The predicted octanol–water partition coefficient (Wildman–Crippen LogP) is 4.57. The van der Waals surface area contributed by atoms with Crippen LogP contribution in [0.25, 0.3) is 6.08 Å². The topological polar surface area (TPSA) is 50.6 Å². The fraction of sp³-hybridized carbons (Fsp3) is 0.308. The fourth-order valence-electron chi connectivity index (χ4n) is 4.21. The van der Waals surface area contributed by atoms with Crippen LogP contribution in [0.4, 0.5) is 5.69 Å². The third-order valence-electron chi connectivity index (χ3n) is 6.13. The van der Waals surface area contributed by atoms with E-state index in [1.54, 1.807) is 13.2 Å². The number of hydrogen-bond acceptors (Lipinski definition) is 4. The average molecular weight is 465 g/mol. The van der Waals surface area contributed by atoms with Crippen molar-refractivity contribution >= 4 is 29.3 Å². The van der Waals surface area contributed by atoms with E-state index < -0.39 is 0 Å². The number of ether oxygens (including phenoxy) is 1. The molecule has 0 unspecified atom stereocenters. The molecule has 0 saturated carbocycles. The number of halogens is 1. The number of aromatic nitrogens is 2. The highest BCUT2D eigenvalue weighted by molar-refractivity contribution is 6.31. The van der Waals surface area contributed by atoms with Crippen LogP contribution < -0.4 is 9.64 Å². The van der Waals surface area contributed by atoms with Crippen LogP contribution in [-0.4, -0.2) is 53.9 Å². The Balaban J connectivity index is 1.40. The van der Waals surface area contributed by atoms with Gasteiger partial charge in [-0.05, 0) is 43.7 Å². The van der Waals surface area contributed by atoms with Gasteiger partial charge in [-0.25, -0.2) is 0 Å². The summed E-state index contributed by atoms with van der Waals surface area (Å²) in [6, 6.07) is 15.8. The molecule has 0 spiro atoms. The molecule has 0 bridgehead atoms. The lowest BCUT2D eigenvalue weighted by atomic mass is 10.1. The van der Waals surface area contributed by atoms with E-state index in [0.717, 1.165) is 52.1 Å². The quantitative estimate of drug-likeness (QED) is 0.501. The summed E-state index contributed by atoms with van der Waals surface area (Å²) in [6.07, 6.45) is 3.55. The molecule has 1 amide bonds. The largest absolute Gasteiger partial charge is 0.495 e. The Hall–Kier alpha value is -3.25. The predicted molar refractivity (Wildman–Crippen MR) is 133 cm³/mol. The number of anilines is 1. The van der Waals surface area contributed by atoms with Crippen molar-refractivity contribution in [2.75, 3.05) is 38.2 Å². The molecule has 6 nitrogen and oxygen atoms in total. The number of methoxy groups -OCH3 is 1. The van der Waals surface area contributed by atoms with Crippen LogP contribution >= 0.6 is 11.6 Å². The number of carbonyl (C=O) groups is 1. The van der Waals surface area contributed by atoms with E-state index in [-0.39, 0.29) is 5.91 Å². The Morgan fingerprint density at radius 3 is 2.48 bits per heavy atom. The third kappa shape index (κ3) is 5.06. The number of piperazine rings is 1. The zero-order chi connectivity index (χ0) is 23.4. The van der Waals surface area contributed by atoms with Gasteiger partial charge in [0.15, 0.2) is 0 Å². The second-order valence-corrected chi connectivity index (χ2v) is 8.56. The summed E-state index contributed by atoms with van der Waals surface area (Å²) in [6.45, 7) is 7.47. The molecule has 1 aliphatic rings. The smallest absolute Gasteiger partial charge is 0.246 e. The Morgan fingerprint density at radius 2 is 1.76 bits per heavy atom. The van der Waals surface area contributed by atoms with Crippen molar-refractivity contribution in [3.05, 3.63) is 82.1 Å². The molecule has 0 radical (unpaired) electrons. The molecular formula is C26H29ClN4O2. The first-order chi connectivity index (χ1) is 16.0. The van der Waals surface area contributed by atoms with Crippen LogP contribution in [0.2, 0.25) is 5.02 Å². The van der Waals surface area contributed by atoms with Crippen LogP contribution in [0, 0.1) is 13.8 Å². The van der Waals surface area contributed by atoms with Crippen molar-refractivity contribution < 1.29 is 9.53 Å². The molecular weight excluding hydrogens is 436 g/mol. The van der Waals surface area contributed by atoms with Crippen molar-refractivity contribution in [2.24, 2.45) is 0 Å². The number of para-hydroxylation sites is 2. The van der Waals surface area contributed by atoms with Gasteiger partial charge in [-0.1, -0.05) is 41.9 Å². The normalized spacial score (nSPS) is 14.2. The molecule has 1 aromatic heterocycles. The number of benzene rings is 2. The first-order valence-electron chi connectivity index (χ1n) is 11.1. The fourth-order valence-corrected chi connectivity index (χ4v) is 4.41. The Bertz CT molecular complexity index is 1160. The second-order valence-electron chi connectivity index (χ2n) is 8.15. The number of hydrogen-bond donors (Lipinski definition) is 0. The zero-order valence-electron chi connectivity index (χ0n) is 19.3. The van der Waals surface area contributed by atoms with Crippen molar-refractivity contribution in [3.8, 4) is 5.75 Å². The molecule has 172 valence electrons. The molecule has 1 fully saturated rings. The van der Waals surface area contributed by atoms with Gasteiger partial charge in [0.1, 0.15) is 5.75 Å². The SMILES string of the molecule is COc1ccccc1N1CCN(C(=O)/C=C/c2c(C)nn(Cc3ccccc3Cl)c2C)CC1. The van der Waals surface area contributed by atoms with Gasteiger partial charge >= 0.3 is 0 Å². The molecule has 3 aromatic rings. The minimum absolute atomic E-state index is 0.0207. The van der Waals surface area contributed by atoms with Crippen LogP contribution in [0.15, 0.2) is 54.6 Å². The molecule has 0 aliphatic carbocycles. The van der Waals surface area contributed by atoms with Gasteiger partial charge in [0.05, 0.1) is 25.0 Å². The first-order valence-corrected chi connectivity index (χ1v) is 11.5. The minimum atomic E-state index is 0.0207. The zero-order valence-corrected chi connectivity index (χ0v) is 20.0. The minimum Gasteiger partial charge on any atom is -0.495 e. The van der Waals surface area contributed by atoms with E-state index in [1.165, 1.54) is 0 Å². The van der Waals surface area contributed by atoms with Gasteiger partial charge < -0.3 is 14.5 Å². The summed E-state index contributed by atoms with van der Waals surface area (Å²) in [5.74, 6) is 0.879. The van der Waals surface area contributed by atoms with Gasteiger partial charge in [-0.2, -0.15) is 5.10 Å². The second kappa shape index (κ2) is 10.1. The van der Waals surface area contributed by atoms with Crippen LogP contribution in [0.1, 0.15) is 22.5 Å². The lowest BCUT2D eigenvalue weighted by Crippen LogP contribution is -2.48. The van der Waals surface area contributed by atoms with Crippen LogP contribution in [0.5, 0.6) is 5.75 Å². The molecule has 0 N–H and O–H groups in total. The van der Waals surface area contributed by atoms with E-state index >= 15 is 0 Å². The van der Waals surface area contributed by atoms with Crippen LogP contribution in [-0.2, 0) is 11.3 Å². The van der Waals surface area contributed by atoms with Crippen molar-refractivity contribution in [3.63, 3.8) is 0 Å². The highest BCUT2D eigenvalue weighted by Crippen LogP contribution is 2.28. The van der Waals surface area contributed by atoms with E-state index in [0.29, 0.717) is 19.6 Å². The molecule has 2 heterocycles. The Kier molecular flexibility index (Phi) is 7.04. The van der Waals surface area contributed by atoms with E-state index in [4.69, 9.17) is 16.3 Å². The van der Waals surface area contributed by atoms with Crippen LogP contribution in [0.3, 0.4) is 0 Å². The summed E-state index contributed by atoms with van der Waals surface area (Å²) in [7, 11) is 1.68. The molecule has 0 atom stereocenters. The van der Waals surface area contributed by atoms with Crippen molar-refractivity contribution in [1.29, 1.82) is 0 Å². The van der Waals surface area contributed by atoms with Crippen molar-refractivity contribution in [2.45, 2.75) is 20.4 Å². The molecule has 2 aromatic carbocycles. The Labute approximate surface area is 200 Å². The van der Waals surface area contributed by atoms with Gasteiger partial charge in [0, 0.05) is 48.5 Å². The summed E-state index contributed by atoms with van der Waals surface area (Å²) < 4.78 is 7.42. The third-order valence-corrected chi connectivity index (χ3v) is 6.49. The number of rotatable bonds is 6. The van der Waals surface area contributed by atoms with Crippen molar-refractivity contribution in [1.82, 2.24) is 14.7 Å². The number of nitrogens with zero attached hydrogens (tertiary/aromatic N) is 4. The lowest BCUT2D eigenvalue weighted by molar-refractivity contribution is -0.126. The van der Waals surface area contributed by atoms with E-state index in [1.807, 2.05) is 72.0 Å². The van der Waals surface area contributed by atoms with Gasteiger partial charge in [0.2, 0.25) is 5.91 Å². The van der Waals surface area contributed by atoms with Gasteiger partial charge in [-0.3, -0.25) is 9.48 Å². The monoisotopic (exact) mass is 464 g/mol. The van der Waals surface area contributed by atoms with Gasteiger partial charge in [0.25, 0.3) is 0 Å². The molecule has 4 rings (SSSR count). The lowest BCUT2D eigenvalue weighted by Gasteiger charge is -2.36. The molecule has 33 heavy (non-hydrogen) atoms. The number of aryl methyl sites for hydroxylation is 1.